The first-order chi connectivity index (χ1) is 10.0. The zero-order valence-electron chi connectivity index (χ0n) is 11.6. The number of nitrogens with one attached hydrogen (secondary N) is 1. The van der Waals surface area contributed by atoms with Crippen LogP contribution in [0.1, 0.15) is 19.2 Å². The molecule has 0 aliphatic heterocycles. The smallest absolute Gasteiger partial charge is 0.224 e. The third-order valence-corrected chi connectivity index (χ3v) is 4.16. The van der Waals surface area contributed by atoms with Crippen molar-refractivity contribution in [1.82, 2.24) is 9.97 Å². The van der Waals surface area contributed by atoms with Crippen molar-refractivity contribution in [3.05, 3.63) is 38.5 Å². The van der Waals surface area contributed by atoms with E-state index in [4.69, 9.17) is 27.9 Å². The van der Waals surface area contributed by atoms with E-state index in [0.29, 0.717) is 32.0 Å². The number of anilines is 1. The minimum Gasteiger partial charge on any atom is -0.437 e. The fraction of sp³-hybridized carbons (Fsp3) is 0.286. The summed E-state index contributed by atoms with van der Waals surface area (Å²) in [5, 5.41) is 3.96. The molecule has 2 aromatic rings. The molecule has 0 atom stereocenters. The molecule has 0 aliphatic carbocycles. The molecule has 0 aliphatic rings. The van der Waals surface area contributed by atoms with Gasteiger partial charge in [0.25, 0.3) is 0 Å². The van der Waals surface area contributed by atoms with E-state index >= 15 is 0 Å². The maximum atomic E-state index is 6.15. The molecule has 0 saturated carbocycles. The third kappa shape index (κ3) is 4.22. The quantitative estimate of drug-likeness (QED) is 0.700. The Hall–Kier alpha value is -1.04. The first kappa shape index (κ1) is 16.3. The van der Waals surface area contributed by atoms with E-state index in [-0.39, 0.29) is 0 Å². The molecule has 1 N–H and O–H groups in total. The van der Waals surface area contributed by atoms with E-state index in [1.54, 1.807) is 25.2 Å². The molecule has 0 spiro atoms. The number of rotatable bonds is 5. The number of hydrogen-bond donors (Lipinski definition) is 1. The van der Waals surface area contributed by atoms with Crippen LogP contribution in [0.3, 0.4) is 0 Å². The van der Waals surface area contributed by atoms with Crippen LogP contribution < -0.4 is 10.1 Å². The summed E-state index contributed by atoms with van der Waals surface area (Å²) in [4.78, 5) is 8.74. The van der Waals surface area contributed by atoms with Crippen molar-refractivity contribution in [3.63, 3.8) is 0 Å². The average molecular weight is 391 g/mol. The molecule has 0 fully saturated rings. The Morgan fingerprint density at radius 3 is 2.62 bits per heavy atom. The molecule has 0 saturated heterocycles. The molecule has 1 aromatic carbocycles. The maximum absolute atomic E-state index is 6.15. The van der Waals surface area contributed by atoms with Crippen molar-refractivity contribution in [2.75, 3.05) is 12.4 Å². The normalized spacial score (nSPS) is 10.5. The fourth-order valence-corrected chi connectivity index (χ4v) is 2.51. The monoisotopic (exact) mass is 389 g/mol. The molecular weight excluding hydrogens is 377 g/mol. The second kappa shape index (κ2) is 7.29. The summed E-state index contributed by atoms with van der Waals surface area (Å²) in [7, 11) is 1.80. The van der Waals surface area contributed by atoms with Crippen molar-refractivity contribution in [3.8, 4) is 11.6 Å². The van der Waals surface area contributed by atoms with Crippen molar-refractivity contribution in [1.29, 1.82) is 0 Å². The first-order valence-corrected chi connectivity index (χ1v) is 7.96. The largest absolute Gasteiger partial charge is 0.437 e. The molecule has 0 amide bonds. The predicted molar refractivity (Wildman–Crippen MR) is 89.8 cm³/mol. The van der Waals surface area contributed by atoms with Crippen LogP contribution in [-0.4, -0.2) is 17.0 Å². The van der Waals surface area contributed by atoms with Gasteiger partial charge in [-0.2, -0.15) is 4.98 Å². The summed E-state index contributed by atoms with van der Waals surface area (Å²) in [6.45, 7) is 2.07. The third-order valence-electron chi connectivity index (χ3n) is 2.67. The molecule has 7 heteroatoms. The minimum atomic E-state index is 0.429. The van der Waals surface area contributed by atoms with Crippen molar-refractivity contribution in [2.24, 2.45) is 0 Å². The number of benzene rings is 1. The van der Waals surface area contributed by atoms with Crippen LogP contribution in [0.5, 0.6) is 11.6 Å². The molecule has 0 bridgehead atoms. The molecule has 112 valence electrons. The van der Waals surface area contributed by atoms with E-state index < -0.39 is 0 Å². The minimum absolute atomic E-state index is 0.429. The number of nitrogens with zero attached hydrogens (tertiary/aromatic N) is 2. The Morgan fingerprint density at radius 1 is 1.19 bits per heavy atom. The summed E-state index contributed by atoms with van der Waals surface area (Å²) in [5.74, 6) is 2.30. The number of aryl methyl sites for hydroxylation is 1. The molecule has 0 radical (unpaired) electrons. The van der Waals surface area contributed by atoms with Crippen LogP contribution in [0.4, 0.5) is 5.82 Å². The van der Waals surface area contributed by atoms with Gasteiger partial charge < -0.3 is 10.1 Å². The fourth-order valence-electron chi connectivity index (χ4n) is 1.68. The van der Waals surface area contributed by atoms with Gasteiger partial charge in [-0.3, -0.25) is 0 Å². The predicted octanol–water partition coefficient (Wildman–Crippen LogP) is 5.33. The van der Waals surface area contributed by atoms with E-state index in [1.807, 2.05) is 0 Å². The molecule has 0 unspecified atom stereocenters. The van der Waals surface area contributed by atoms with Gasteiger partial charge in [-0.25, -0.2) is 4.98 Å². The zero-order valence-corrected chi connectivity index (χ0v) is 14.7. The number of aromatic nitrogens is 2. The van der Waals surface area contributed by atoms with Gasteiger partial charge in [0, 0.05) is 30.1 Å². The highest BCUT2D eigenvalue weighted by Crippen LogP contribution is 2.36. The second-order valence-electron chi connectivity index (χ2n) is 4.31. The Labute approximate surface area is 142 Å². The lowest BCUT2D eigenvalue weighted by Crippen LogP contribution is -2.02. The molecular formula is C14H14BrCl2N3O. The highest BCUT2D eigenvalue weighted by Gasteiger charge is 2.11. The molecule has 1 aromatic heterocycles. The lowest BCUT2D eigenvalue weighted by Gasteiger charge is -2.10. The summed E-state index contributed by atoms with van der Waals surface area (Å²) < 4.78 is 6.46. The average Bonchev–Trinajstić information content (AvgIpc) is 2.45. The van der Waals surface area contributed by atoms with E-state index in [0.717, 1.165) is 18.7 Å². The van der Waals surface area contributed by atoms with Gasteiger partial charge in [0.15, 0.2) is 0 Å². The van der Waals surface area contributed by atoms with Gasteiger partial charge in [0.05, 0.1) is 10.0 Å². The number of ether oxygens (including phenoxy) is 1. The lowest BCUT2D eigenvalue weighted by molar-refractivity contribution is 0.459. The summed E-state index contributed by atoms with van der Waals surface area (Å²) >= 11 is 15.5. The Kier molecular flexibility index (Phi) is 5.67. The first-order valence-electron chi connectivity index (χ1n) is 6.41. The van der Waals surface area contributed by atoms with Crippen molar-refractivity contribution < 1.29 is 4.74 Å². The van der Waals surface area contributed by atoms with Gasteiger partial charge in [-0.1, -0.05) is 30.1 Å². The molecule has 1 heterocycles. The van der Waals surface area contributed by atoms with Crippen LogP contribution >= 0.6 is 39.1 Å². The van der Waals surface area contributed by atoms with Crippen molar-refractivity contribution >= 4 is 44.9 Å². The van der Waals surface area contributed by atoms with Crippen LogP contribution in [0.15, 0.2) is 22.7 Å². The number of hydrogen-bond acceptors (Lipinski definition) is 4. The van der Waals surface area contributed by atoms with E-state index in [1.165, 1.54) is 0 Å². The molecule has 4 nitrogen and oxygen atoms in total. The Balaban J connectivity index is 2.34. The highest BCUT2D eigenvalue weighted by atomic mass is 79.9. The van der Waals surface area contributed by atoms with Crippen LogP contribution in [0.25, 0.3) is 0 Å². The maximum Gasteiger partial charge on any atom is 0.224 e. The van der Waals surface area contributed by atoms with Gasteiger partial charge in [0.1, 0.15) is 17.4 Å². The molecule has 2 rings (SSSR count). The topological polar surface area (TPSA) is 47.0 Å². The second-order valence-corrected chi connectivity index (χ2v) is 5.98. The van der Waals surface area contributed by atoms with E-state index in [2.05, 4.69) is 38.1 Å². The van der Waals surface area contributed by atoms with Gasteiger partial charge in [-0.05, 0) is 28.4 Å². The Morgan fingerprint density at radius 2 is 1.95 bits per heavy atom. The van der Waals surface area contributed by atoms with Gasteiger partial charge >= 0.3 is 0 Å². The Bertz CT molecular complexity index is 652. The summed E-state index contributed by atoms with van der Waals surface area (Å²) in [6.07, 6.45) is 1.73. The highest BCUT2D eigenvalue weighted by molar-refractivity contribution is 9.10. The van der Waals surface area contributed by atoms with Crippen LogP contribution in [0, 0.1) is 0 Å². The lowest BCUT2D eigenvalue weighted by atomic mass is 10.3. The summed E-state index contributed by atoms with van der Waals surface area (Å²) in [6, 6.07) is 5.05. The van der Waals surface area contributed by atoms with Gasteiger partial charge in [0.2, 0.25) is 5.88 Å². The van der Waals surface area contributed by atoms with Crippen LogP contribution in [0.2, 0.25) is 10.0 Å². The van der Waals surface area contributed by atoms with Gasteiger partial charge in [-0.15, -0.1) is 0 Å². The van der Waals surface area contributed by atoms with Crippen molar-refractivity contribution in [2.45, 2.75) is 19.8 Å². The SMILES string of the molecule is CCCc1nc(NC)cc(Oc2cc(Cl)c(Br)cc2Cl)n1. The molecule has 21 heavy (non-hydrogen) atoms. The zero-order chi connectivity index (χ0) is 15.4. The number of halogens is 3. The standard InChI is InChI=1S/C14H14BrCl2N3O/c1-3-4-12-19-13(18-2)7-14(20-12)21-11-6-9(16)8(15)5-10(11)17/h5-7H,3-4H2,1-2H3,(H,18,19,20). The van der Waals surface area contributed by atoms with E-state index in [9.17, 15) is 0 Å². The van der Waals surface area contributed by atoms with Crippen LogP contribution in [-0.2, 0) is 6.42 Å². The summed E-state index contributed by atoms with van der Waals surface area (Å²) in [5.41, 5.74) is 0.